The number of hydrogen-bond donors (Lipinski definition) is 1. The summed E-state index contributed by atoms with van der Waals surface area (Å²) in [6, 6.07) is 5.73. The van der Waals surface area contributed by atoms with Gasteiger partial charge in [0.1, 0.15) is 29.3 Å². The maximum absolute atomic E-state index is 14.3. The van der Waals surface area contributed by atoms with Crippen molar-refractivity contribution < 1.29 is 22.4 Å². The lowest BCUT2D eigenvalue weighted by Gasteiger charge is -2.34. The van der Waals surface area contributed by atoms with Crippen LogP contribution in [-0.4, -0.2) is 37.6 Å². The average Bonchev–Trinajstić information content (AvgIpc) is 2.67. The molecule has 0 saturated heterocycles. The highest BCUT2D eigenvalue weighted by Gasteiger charge is 2.37. The molecule has 1 N–H and O–H groups in total. The van der Waals surface area contributed by atoms with Crippen LogP contribution in [0.25, 0.3) is 0 Å². The molecule has 0 aliphatic carbocycles. The van der Waals surface area contributed by atoms with Crippen LogP contribution >= 0.6 is 0 Å². The van der Waals surface area contributed by atoms with E-state index in [1.54, 1.807) is 24.1 Å². The first-order chi connectivity index (χ1) is 14.0. The molecule has 0 fully saturated rings. The van der Waals surface area contributed by atoms with E-state index in [0.29, 0.717) is 5.69 Å². The van der Waals surface area contributed by atoms with Gasteiger partial charge in [-0.2, -0.15) is 18.4 Å². The normalized spacial score (nSPS) is 17.1. The quantitative estimate of drug-likeness (QED) is 0.749. The molecule has 0 radical (unpaired) electrons. The Morgan fingerprint density at radius 3 is 2.63 bits per heavy atom. The first-order valence-corrected chi connectivity index (χ1v) is 9.07. The largest absolute Gasteiger partial charge is 0.417 e. The number of anilines is 3. The van der Waals surface area contributed by atoms with E-state index in [-0.39, 0.29) is 30.2 Å². The molecule has 0 unspecified atom stereocenters. The summed E-state index contributed by atoms with van der Waals surface area (Å²) >= 11 is 0. The average molecular weight is 421 g/mol. The van der Waals surface area contributed by atoms with Crippen LogP contribution in [0.5, 0.6) is 0 Å². The molecule has 0 saturated carbocycles. The summed E-state index contributed by atoms with van der Waals surface area (Å²) in [5.74, 6) is -1.27. The zero-order valence-electron chi connectivity index (χ0n) is 16.5. The Morgan fingerprint density at radius 2 is 2.00 bits per heavy atom. The number of para-hydroxylation sites is 1. The maximum Gasteiger partial charge on any atom is 0.417 e. The number of rotatable bonds is 2. The predicted molar refractivity (Wildman–Crippen MR) is 104 cm³/mol. The third kappa shape index (κ3) is 3.87. The molecular weight excluding hydrogens is 402 g/mol. The molecule has 1 amide bonds. The molecule has 30 heavy (non-hydrogen) atoms. The Labute approximate surface area is 170 Å². The molecule has 1 aliphatic heterocycles. The minimum atomic E-state index is -4.74. The summed E-state index contributed by atoms with van der Waals surface area (Å²) in [5, 5.41) is 12.1. The third-order valence-corrected chi connectivity index (χ3v) is 4.97. The van der Waals surface area contributed by atoms with Gasteiger partial charge in [0.05, 0.1) is 16.9 Å². The van der Waals surface area contributed by atoms with E-state index in [4.69, 9.17) is 0 Å². The van der Waals surface area contributed by atoms with Crippen LogP contribution in [-0.2, 0) is 11.0 Å². The number of carbonyl (C=O) groups is 1. The molecule has 2 aromatic rings. The van der Waals surface area contributed by atoms with Gasteiger partial charge in [-0.3, -0.25) is 4.79 Å². The summed E-state index contributed by atoms with van der Waals surface area (Å²) in [4.78, 5) is 19.9. The second-order valence-corrected chi connectivity index (χ2v) is 7.06. The highest BCUT2D eigenvalue weighted by Crippen LogP contribution is 2.36. The molecule has 158 valence electrons. The minimum absolute atomic E-state index is 0.0556. The second-order valence-electron chi connectivity index (χ2n) is 7.06. The number of nitrogens with one attached hydrogen (secondary N) is 1. The molecule has 1 atom stereocenters. The number of halogens is 4. The summed E-state index contributed by atoms with van der Waals surface area (Å²) < 4.78 is 54.4. The lowest BCUT2D eigenvalue weighted by molar-refractivity contribution is -0.137. The van der Waals surface area contributed by atoms with Crippen LogP contribution in [0.4, 0.5) is 34.8 Å². The van der Waals surface area contributed by atoms with Gasteiger partial charge in [0.25, 0.3) is 0 Å². The number of aryl methyl sites for hydroxylation is 1. The first kappa shape index (κ1) is 21.4. The molecule has 1 aromatic carbocycles. The fraction of sp³-hybridized carbons (Fsp3) is 0.350. The Hall–Kier alpha value is -3.35. The van der Waals surface area contributed by atoms with Crippen LogP contribution in [0, 0.1) is 24.1 Å². The van der Waals surface area contributed by atoms with Crippen molar-refractivity contribution in [3.8, 4) is 6.07 Å². The predicted octanol–water partition coefficient (Wildman–Crippen LogP) is 3.70. The van der Waals surface area contributed by atoms with Crippen molar-refractivity contribution in [1.82, 2.24) is 4.98 Å². The van der Waals surface area contributed by atoms with Gasteiger partial charge in [-0.25, -0.2) is 9.37 Å². The molecule has 1 aromatic heterocycles. The van der Waals surface area contributed by atoms with E-state index in [2.05, 4.69) is 10.3 Å². The topological polar surface area (TPSA) is 72.3 Å². The van der Waals surface area contributed by atoms with Gasteiger partial charge in [-0.05, 0) is 31.5 Å². The van der Waals surface area contributed by atoms with Gasteiger partial charge >= 0.3 is 6.18 Å². The number of amides is 1. The van der Waals surface area contributed by atoms with E-state index in [1.807, 2.05) is 0 Å². The monoisotopic (exact) mass is 421 g/mol. The number of fused-ring (bicyclic) bond motifs is 1. The number of nitrogens with zero attached hydrogens (tertiary/aromatic N) is 4. The number of nitriles is 1. The fourth-order valence-corrected chi connectivity index (χ4v) is 3.48. The zero-order valence-corrected chi connectivity index (χ0v) is 16.5. The summed E-state index contributed by atoms with van der Waals surface area (Å²) in [6.45, 7) is 1.63. The van der Waals surface area contributed by atoms with Gasteiger partial charge < -0.3 is 15.1 Å². The second kappa shape index (κ2) is 7.82. The highest BCUT2D eigenvalue weighted by atomic mass is 19.4. The Bertz CT molecular complexity index is 1030. The fourth-order valence-electron chi connectivity index (χ4n) is 3.48. The molecule has 0 bridgehead atoms. The van der Waals surface area contributed by atoms with E-state index in [0.717, 1.165) is 6.07 Å². The molecular formula is C20H19F4N5O. The Balaban J connectivity index is 2.02. The van der Waals surface area contributed by atoms with Crippen molar-refractivity contribution in [1.29, 1.82) is 5.26 Å². The molecule has 6 nitrogen and oxygen atoms in total. The minimum Gasteiger partial charge on any atom is -0.370 e. The Kier molecular flexibility index (Phi) is 5.57. The standard InChI is InChI=1S/C20H19F4N5O/c1-11-9-13(20(22,23)24)12(10-25)18(26-11)27-15-7-8-28(2)17-14(21)5-4-6-16(17)29(3)19(15)30/h4-6,9,15H,7-8H2,1-3H3,(H,26,27)/t15-/m0/s1. The Morgan fingerprint density at radius 1 is 1.30 bits per heavy atom. The first-order valence-electron chi connectivity index (χ1n) is 9.07. The number of benzene rings is 1. The number of aromatic nitrogens is 1. The van der Waals surface area contributed by atoms with Crippen LogP contribution in [0.3, 0.4) is 0 Å². The van der Waals surface area contributed by atoms with Gasteiger partial charge in [0, 0.05) is 26.3 Å². The van der Waals surface area contributed by atoms with Crippen molar-refractivity contribution in [3.63, 3.8) is 0 Å². The van der Waals surface area contributed by atoms with Gasteiger partial charge in [0.15, 0.2) is 0 Å². The summed E-state index contributed by atoms with van der Waals surface area (Å²) in [7, 11) is 3.13. The highest BCUT2D eigenvalue weighted by molar-refractivity contribution is 6.01. The number of pyridine rings is 1. The van der Waals surface area contributed by atoms with Crippen LogP contribution in [0.2, 0.25) is 0 Å². The van der Waals surface area contributed by atoms with E-state index < -0.39 is 35.1 Å². The molecule has 3 rings (SSSR count). The third-order valence-electron chi connectivity index (χ3n) is 4.97. The van der Waals surface area contributed by atoms with Gasteiger partial charge in [-0.15, -0.1) is 0 Å². The summed E-state index contributed by atoms with van der Waals surface area (Å²) in [5.41, 5.74) is -1.14. The smallest absolute Gasteiger partial charge is 0.370 e. The van der Waals surface area contributed by atoms with Crippen LogP contribution < -0.4 is 15.1 Å². The number of likely N-dealkylation sites (N-methyl/N-ethyl adjacent to an activating group) is 1. The lowest BCUT2D eigenvalue weighted by Crippen LogP contribution is -2.45. The van der Waals surface area contributed by atoms with Crippen molar-refractivity contribution >= 4 is 23.1 Å². The number of carbonyl (C=O) groups excluding carboxylic acids is 1. The van der Waals surface area contributed by atoms with Crippen molar-refractivity contribution in [3.05, 3.63) is 46.9 Å². The van der Waals surface area contributed by atoms with Crippen molar-refractivity contribution in [2.24, 2.45) is 0 Å². The van der Waals surface area contributed by atoms with Gasteiger partial charge in [-0.1, -0.05) is 6.07 Å². The molecule has 2 heterocycles. The van der Waals surface area contributed by atoms with E-state index in [9.17, 15) is 27.6 Å². The van der Waals surface area contributed by atoms with E-state index in [1.165, 1.54) is 31.0 Å². The van der Waals surface area contributed by atoms with E-state index >= 15 is 0 Å². The van der Waals surface area contributed by atoms with Crippen molar-refractivity contribution in [2.75, 3.05) is 35.8 Å². The molecule has 1 aliphatic rings. The number of alkyl halides is 3. The molecule has 0 spiro atoms. The molecule has 10 heteroatoms. The lowest BCUT2D eigenvalue weighted by atomic mass is 10.1. The SMILES string of the molecule is Cc1cc(C(F)(F)F)c(C#N)c(N[C@H]2CCN(C)c3c(F)cccc3N(C)C2=O)n1. The number of hydrogen-bond acceptors (Lipinski definition) is 5. The van der Waals surface area contributed by atoms with Gasteiger partial charge in [0.2, 0.25) is 5.91 Å². The van der Waals surface area contributed by atoms with Crippen molar-refractivity contribution in [2.45, 2.75) is 25.6 Å². The maximum atomic E-state index is 14.3. The zero-order chi connectivity index (χ0) is 22.2. The summed E-state index contributed by atoms with van der Waals surface area (Å²) in [6.07, 6.45) is -4.58. The van der Waals surface area contributed by atoms with Crippen LogP contribution in [0.15, 0.2) is 24.3 Å². The van der Waals surface area contributed by atoms with Crippen LogP contribution in [0.1, 0.15) is 23.2 Å².